The summed E-state index contributed by atoms with van der Waals surface area (Å²) < 4.78 is 3.27. The average molecular weight is 452 g/mol. The van der Waals surface area contributed by atoms with Gasteiger partial charge < -0.3 is 4.57 Å². The summed E-state index contributed by atoms with van der Waals surface area (Å²) in [6, 6.07) is 20.4. The monoisotopic (exact) mass is 451 g/mol. The van der Waals surface area contributed by atoms with Gasteiger partial charge in [-0.15, -0.1) is 11.3 Å². The maximum atomic E-state index is 12.0. The van der Waals surface area contributed by atoms with Gasteiger partial charge in [0.1, 0.15) is 0 Å². The Kier molecular flexibility index (Phi) is 5.69. The van der Waals surface area contributed by atoms with Crippen LogP contribution in [0.1, 0.15) is 16.0 Å². The molecule has 0 spiro atoms. The Morgan fingerprint density at radius 2 is 1.93 bits per heavy atom. The molecule has 2 aromatic heterocycles. The van der Waals surface area contributed by atoms with E-state index in [-0.39, 0.29) is 5.91 Å². The Morgan fingerprint density at radius 3 is 2.71 bits per heavy atom. The highest BCUT2D eigenvalue weighted by Crippen LogP contribution is 2.22. The van der Waals surface area contributed by atoms with E-state index in [1.165, 1.54) is 5.56 Å². The molecule has 2 heterocycles. The first kappa shape index (κ1) is 18.7. The Hall–Kier alpha value is -2.70. The standard InChI is InChI=1S/C22H18BrN3OS/c23-18-9-7-16(8-10-18)14-26-15-17(20-5-1-2-6-21(20)26)13-24-25-22(27)12-19-4-3-11-28-19/h1-11,13,15H,12,14H2,(H,25,27)/b24-13-. The van der Waals surface area contributed by atoms with E-state index in [9.17, 15) is 4.79 Å². The van der Waals surface area contributed by atoms with Crippen molar-refractivity contribution in [2.75, 3.05) is 0 Å². The number of para-hydroxylation sites is 1. The highest BCUT2D eigenvalue weighted by molar-refractivity contribution is 9.10. The summed E-state index contributed by atoms with van der Waals surface area (Å²) in [5.74, 6) is -0.114. The number of benzene rings is 2. The van der Waals surface area contributed by atoms with Crippen molar-refractivity contribution in [3.63, 3.8) is 0 Å². The lowest BCUT2D eigenvalue weighted by molar-refractivity contribution is -0.120. The number of carbonyl (C=O) groups excluding carboxylic acids is 1. The van der Waals surface area contributed by atoms with Gasteiger partial charge in [0.05, 0.1) is 12.6 Å². The summed E-state index contributed by atoms with van der Waals surface area (Å²) in [5.41, 5.74) is 5.95. The van der Waals surface area contributed by atoms with Crippen LogP contribution in [0.15, 0.2) is 81.8 Å². The van der Waals surface area contributed by atoms with E-state index >= 15 is 0 Å². The van der Waals surface area contributed by atoms with Crippen molar-refractivity contribution in [2.45, 2.75) is 13.0 Å². The molecule has 0 atom stereocenters. The first-order chi connectivity index (χ1) is 13.7. The number of hydrogen-bond acceptors (Lipinski definition) is 3. The van der Waals surface area contributed by atoms with Gasteiger partial charge in [0.15, 0.2) is 0 Å². The third kappa shape index (κ3) is 4.40. The highest BCUT2D eigenvalue weighted by Gasteiger charge is 2.08. The van der Waals surface area contributed by atoms with E-state index in [0.717, 1.165) is 32.4 Å². The third-order valence-corrected chi connectivity index (χ3v) is 5.80. The van der Waals surface area contributed by atoms with Crippen LogP contribution in [0.5, 0.6) is 0 Å². The number of rotatable bonds is 6. The fourth-order valence-electron chi connectivity index (χ4n) is 3.08. The van der Waals surface area contributed by atoms with Crippen LogP contribution in [0.2, 0.25) is 0 Å². The molecule has 0 aliphatic carbocycles. The van der Waals surface area contributed by atoms with Crippen LogP contribution in [0, 0.1) is 0 Å². The largest absolute Gasteiger partial charge is 0.342 e. The second-order valence-electron chi connectivity index (χ2n) is 6.41. The van der Waals surface area contributed by atoms with Gasteiger partial charge in [-0.1, -0.05) is 52.3 Å². The zero-order valence-electron chi connectivity index (χ0n) is 15.0. The fraction of sp³-hybridized carbons (Fsp3) is 0.0909. The second-order valence-corrected chi connectivity index (χ2v) is 8.35. The fourth-order valence-corrected chi connectivity index (χ4v) is 4.05. The first-order valence-electron chi connectivity index (χ1n) is 8.85. The van der Waals surface area contributed by atoms with Gasteiger partial charge in [-0.3, -0.25) is 4.79 Å². The van der Waals surface area contributed by atoms with Gasteiger partial charge in [-0.25, -0.2) is 5.43 Å². The summed E-state index contributed by atoms with van der Waals surface area (Å²) in [6.45, 7) is 0.770. The highest BCUT2D eigenvalue weighted by atomic mass is 79.9. The van der Waals surface area contributed by atoms with E-state index in [1.807, 2.05) is 41.8 Å². The topological polar surface area (TPSA) is 46.4 Å². The van der Waals surface area contributed by atoms with Crippen molar-refractivity contribution in [1.82, 2.24) is 9.99 Å². The van der Waals surface area contributed by atoms with Crippen molar-refractivity contribution in [1.29, 1.82) is 0 Å². The number of aromatic nitrogens is 1. The molecular formula is C22H18BrN3OS. The van der Waals surface area contributed by atoms with Crippen LogP contribution in [0.25, 0.3) is 10.9 Å². The molecule has 0 aliphatic heterocycles. The molecule has 2 aromatic carbocycles. The number of nitrogens with one attached hydrogen (secondary N) is 1. The van der Waals surface area contributed by atoms with Gasteiger partial charge in [-0.05, 0) is 35.2 Å². The van der Waals surface area contributed by atoms with Crippen LogP contribution in [0.4, 0.5) is 0 Å². The average Bonchev–Trinajstić information content (AvgIpc) is 3.32. The molecule has 1 amide bonds. The molecule has 0 saturated heterocycles. The van der Waals surface area contributed by atoms with Crippen molar-refractivity contribution in [2.24, 2.45) is 5.10 Å². The number of hydrogen-bond donors (Lipinski definition) is 1. The van der Waals surface area contributed by atoms with Crippen LogP contribution < -0.4 is 5.43 Å². The van der Waals surface area contributed by atoms with Crippen molar-refractivity contribution < 1.29 is 4.79 Å². The number of fused-ring (bicyclic) bond motifs is 1. The van der Waals surface area contributed by atoms with Crippen LogP contribution in [-0.2, 0) is 17.8 Å². The number of amides is 1. The molecule has 1 N–H and O–H groups in total. The molecule has 6 heteroatoms. The zero-order valence-corrected chi connectivity index (χ0v) is 17.4. The molecule has 0 unspecified atom stereocenters. The van der Waals surface area contributed by atoms with Gasteiger partial charge in [0, 0.05) is 38.6 Å². The molecule has 0 fully saturated rings. The predicted molar refractivity (Wildman–Crippen MR) is 119 cm³/mol. The lowest BCUT2D eigenvalue weighted by atomic mass is 10.2. The predicted octanol–water partition coefficient (Wildman–Crippen LogP) is 5.21. The van der Waals surface area contributed by atoms with E-state index in [0.29, 0.717) is 6.42 Å². The smallest absolute Gasteiger partial charge is 0.245 e. The Morgan fingerprint density at radius 1 is 1.11 bits per heavy atom. The maximum Gasteiger partial charge on any atom is 0.245 e. The normalized spacial score (nSPS) is 11.3. The molecule has 28 heavy (non-hydrogen) atoms. The minimum Gasteiger partial charge on any atom is -0.342 e. The van der Waals surface area contributed by atoms with Crippen LogP contribution in [0.3, 0.4) is 0 Å². The minimum absolute atomic E-state index is 0.114. The van der Waals surface area contributed by atoms with Crippen molar-refractivity contribution in [3.8, 4) is 0 Å². The summed E-state index contributed by atoms with van der Waals surface area (Å²) in [7, 11) is 0. The Labute approximate surface area is 175 Å². The molecule has 0 radical (unpaired) electrons. The molecule has 0 bridgehead atoms. The number of halogens is 1. The molecular weight excluding hydrogens is 434 g/mol. The number of carbonyl (C=O) groups is 1. The van der Waals surface area contributed by atoms with E-state index in [4.69, 9.17) is 0 Å². The molecule has 0 saturated carbocycles. The summed E-state index contributed by atoms with van der Waals surface area (Å²) in [4.78, 5) is 13.0. The summed E-state index contributed by atoms with van der Waals surface area (Å²) >= 11 is 5.04. The number of thiophene rings is 1. The van der Waals surface area contributed by atoms with Crippen LogP contribution >= 0.6 is 27.3 Å². The SMILES string of the molecule is O=C(Cc1cccs1)N/N=C\c1cn(Cc2ccc(Br)cc2)c2ccccc12. The van der Waals surface area contributed by atoms with E-state index < -0.39 is 0 Å². The first-order valence-corrected chi connectivity index (χ1v) is 10.5. The van der Waals surface area contributed by atoms with Crippen LogP contribution in [-0.4, -0.2) is 16.7 Å². The van der Waals surface area contributed by atoms with Crippen molar-refractivity contribution in [3.05, 3.63) is 92.7 Å². The van der Waals surface area contributed by atoms with E-state index in [2.05, 4.69) is 61.5 Å². The summed E-state index contributed by atoms with van der Waals surface area (Å²) in [6.07, 6.45) is 4.13. The maximum absolute atomic E-state index is 12.0. The molecule has 4 rings (SSSR count). The lowest BCUT2D eigenvalue weighted by Crippen LogP contribution is -2.19. The molecule has 0 aliphatic rings. The van der Waals surface area contributed by atoms with E-state index in [1.54, 1.807) is 17.6 Å². The van der Waals surface area contributed by atoms with Crippen molar-refractivity contribution >= 4 is 50.3 Å². The number of hydrazone groups is 1. The quantitative estimate of drug-likeness (QED) is 0.317. The summed E-state index contributed by atoms with van der Waals surface area (Å²) in [5, 5.41) is 7.24. The Bertz CT molecular complexity index is 1110. The van der Waals surface area contributed by atoms with Gasteiger partial charge in [0.2, 0.25) is 5.91 Å². The Balaban J connectivity index is 1.52. The minimum atomic E-state index is -0.114. The molecule has 4 nitrogen and oxygen atoms in total. The second kappa shape index (κ2) is 8.54. The zero-order chi connectivity index (χ0) is 19.3. The third-order valence-electron chi connectivity index (χ3n) is 4.39. The molecule has 4 aromatic rings. The molecule has 140 valence electrons. The number of nitrogens with zero attached hydrogens (tertiary/aromatic N) is 2. The van der Waals surface area contributed by atoms with Gasteiger partial charge in [-0.2, -0.15) is 5.10 Å². The van der Waals surface area contributed by atoms with Gasteiger partial charge >= 0.3 is 0 Å². The van der Waals surface area contributed by atoms with Gasteiger partial charge in [0.25, 0.3) is 0 Å². The lowest BCUT2D eigenvalue weighted by Gasteiger charge is -2.05.